The largest absolute Gasteiger partial charge is 0.390 e. The van der Waals surface area contributed by atoms with E-state index in [1.807, 2.05) is 4.57 Å². The molecule has 2 heterocycles. The molecule has 1 saturated carbocycles. The van der Waals surface area contributed by atoms with Gasteiger partial charge in [0.1, 0.15) is 0 Å². The number of ether oxygens (including phenoxy) is 1. The molecule has 2 fully saturated rings. The first kappa shape index (κ1) is 14.1. The summed E-state index contributed by atoms with van der Waals surface area (Å²) in [7, 11) is -3.54. The summed E-state index contributed by atoms with van der Waals surface area (Å²) in [6, 6.07) is 1.75. The van der Waals surface area contributed by atoms with Gasteiger partial charge in [-0.1, -0.05) is 0 Å². The second-order valence-corrected chi connectivity index (χ2v) is 7.21. The molecular weight excluding hydrogens is 280 g/mol. The second kappa shape index (κ2) is 5.48. The third-order valence-corrected chi connectivity index (χ3v) is 5.29. The molecule has 1 aromatic heterocycles. The molecule has 2 N–H and O–H groups in total. The Kier molecular flexibility index (Phi) is 3.85. The molecule has 1 aromatic rings. The van der Waals surface area contributed by atoms with Crippen molar-refractivity contribution in [3.05, 3.63) is 18.0 Å². The summed E-state index contributed by atoms with van der Waals surface area (Å²) in [5, 5.41) is 9.34. The van der Waals surface area contributed by atoms with E-state index in [2.05, 4.69) is 4.72 Å². The molecular formula is C13H20N2O4S. The monoisotopic (exact) mass is 300 g/mol. The number of aliphatic hydroxyl groups excluding tert-OH is 1. The van der Waals surface area contributed by atoms with Gasteiger partial charge in [-0.2, -0.15) is 0 Å². The maximum absolute atomic E-state index is 12.4. The van der Waals surface area contributed by atoms with Crippen molar-refractivity contribution in [3.8, 4) is 0 Å². The average Bonchev–Trinajstić information content (AvgIpc) is 3.18. The van der Waals surface area contributed by atoms with E-state index in [-0.39, 0.29) is 17.5 Å². The van der Waals surface area contributed by atoms with Crippen LogP contribution >= 0.6 is 0 Å². The van der Waals surface area contributed by atoms with Gasteiger partial charge in [-0.3, -0.25) is 0 Å². The molecule has 1 unspecified atom stereocenters. The number of rotatable bonds is 5. The lowest BCUT2D eigenvalue weighted by molar-refractivity contribution is 0.0774. The summed E-state index contributed by atoms with van der Waals surface area (Å²) >= 11 is 0. The molecule has 7 heteroatoms. The van der Waals surface area contributed by atoms with Gasteiger partial charge in [0.2, 0.25) is 10.0 Å². The van der Waals surface area contributed by atoms with Gasteiger partial charge >= 0.3 is 0 Å². The Morgan fingerprint density at radius 3 is 2.80 bits per heavy atom. The van der Waals surface area contributed by atoms with Crippen LogP contribution in [0, 0.1) is 0 Å². The SMILES string of the molecule is O=S(=O)(NC1CCCOC1)c1cc(CO)n(C2CC2)c1. The van der Waals surface area contributed by atoms with E-state index in [0.29, 0.717) is 24.9 Å². The number of hydrogen-bond acceptors (Lipinski definition) is 4. The minimum atomic E-state index is -3.54. The van der Waals surface area contributed by atoms with Crippen LogP contribution in [0.1, 0.15) is 37.4 Å². The van der Waals surface area contributed by atoms with Crippen LogP contribution in [0.3, 0.4) is 0 Å². The third-order valence-electron chi connectivity index (χ3n) is 3.80. The highest BCUT2D eigenvalue weighted by Gasteiger charge is 2.29. The summed E-state index contributed by atoms with van der Waals surface area (Å²) in [5.74, 6) is 0. The van der Waals surface area contributed by atoms with Crippen molar-refractivity contribution in [2.45, 2.75) is 49.3 Å². The minimum Gasteiger partial charge on any atom is -0.390 e. The summed E-state index contributed by atoms with van der Waals surface area (Å²) in [6.45, 7) is 0.985. The van der Waals surface area contributed by atoms with E-state index in [4.69, 9.17) is 4.74 Å². The average molecular weight is 300 g/mol. The number of hydrogen-bond donors (Lipinski definition) is 2. The van der Waals surface area contributed by atoms with Crippen LogP contribution in [0.25, 0.3) is 0 Å². The molecule has 20 heavy (non-hydrogen) atoms. The highest BCUT2D eigenvalue weighted by molar-refractivity contribution is 7.89. The number of aliphatic hydroxyl groups is 1. The van der Waals surface area contributed by atoms with Gasteiger partial charge < -0.3 is 14.4 Å². The van der Waals surface area contributed by atoms with Gasteiger partial charge in [-0.15, -0.1) is 0 Å². The quantitative estimate of drug-likeness (QED) is 0.842. The van der Waals surface area contributed by atoms with Crippen molar-refractivity contribution in [2.75, 3.05) is 13.2 Å². The van der Waals surface area contributed by atoms with Gasteiger partial charge in [0.05, 0.1) is 18.1 Å². The van der Waals surface area contributed by atoms with E-state index in [0.717, 1.165) is 25.7 Å². The van der Waals surface area contributed by atoms with Gasteiger partial charge in [0, 0.05) is 30.6 Å². The maximum atomic E-state index is 12.4. The lowest BCUT2D eigenvalue weighted by Crippen LogP contribution is -2.40. The first-order valence-corrected chi connectivity index (χ1v) is 8.50. The molecule has 1 saturated heterocycles. The summed E-state index contributed by atoms with van der Waals surface area (Å²) in [4.78, 5) is 0.235. The van der Waals surface area contributed by atoms with Crippen molar-refractivity contribution in [1.82, 2.24) is 9.29 Å². The van der Waals surface area contributed by atoms with Crippen LogP contribution < -0.4 is 4.72 Å². The van der Waals surface area contributed by atoms with Gasteiger partial charge in [-0.25, -0.2) is 13.1 Å². The normalized spacial score (nSPS) is 23.9. The van der Waals surface area contributed by atoms with E-state index in [9.17, 15) is 13.5 Å². The highest BCUT2D eigenvalue weighted by Crippen LogP contribution is 2.37. The van der Waals surface area contributed by atoms with Crippen molar-refractivity contribution in [3.63, 3.8) is 0 Å². The fourth-order valence-electron chi connectivity index (χ4n) is 2.58. The van der Waals surface area contributed by atoms with Crippen LogP contribution in [-0.4, -0.2) is 37.3 Å². The first-order valence-electron chi connectivity index (χ1n) is 7.02. The Hall–Kier alpha value is -0.890. The molecule has 2 aliphatic rings. The standard InChI is InChI=1S/C13H20N2O4S/c16-8-12-6-13(7-15(12)11-3-4-11)20(17,18)14-10-2-1-5-19-9-10/h6-7,10-11,14,16H,1-5,8-9H2. The lowest BCUT2D eigenvalue weighted by atomic mass is 10.1. The third kappa shape index (κ3) is 2.90. The lowest BCUT2D eigenvalue weighted by Gasteiger charge is -2.22. The number of aromatic nitrogens is 1. The van der Waals surface area contributed by atoms with Crippen LogP contribution in [-0.2, 0) is 21.4 Å². The van der Waals surface area contributed by atoms with Crippen LogP contribution in [0.15, 0.2) is 17.2 Å². The Bertz CT molecular complexity index is 571. The molecule has 0 aromatic carbocycles. The zero-order valence-corrected chi connectivity index (χ0v) is 12.1. The zero-order valence-electron chi connectivity index (χ0n) is 11.3. The second-order valence-electron chi connectivity index (χ2n) is 5.50. The van der Waals surface area contributed by atoms with Crippen LogP contribution in [0.5, 0.6) is 0 Å². The zero-order chi connectivity index (χ0) is 14.2. The Morgan fingerprint density at radius 2 is 2.20 bits per heavy atom. The molecule has 112 valence electrons. The van der Waals surface area contributed by atoms with Crippen molar-refractivity contribution in [1.29, 1.82) is 0 Å². The van der Waals surface area contributed by atoms with E-state index in [1.54, 1.807) is 12.3 Å². The fourth-order valence-corrected chi connectivity index (χ4v) is 3.89. The number of nitrogens with zero attached hydrogens (tertiary/aromatic N) is 1. The summed E-state index contributed by atoms with van der Waals surface area (Å²) in [6.07, 6.45) is 5.40. The predicted molar refractivity (Wildman–Crippen MR) is 72.8 cm³/mol. The van der Waals surface area contributed by atoms with E-state index < -0.39 is 10.0 Å². The van der Waals surface area contributed by atoms with Gasteiger partial charge in [-0.05, 0) is 31.7 Å². The van der Waals surface area contributed by atoms with E-state index >= 15 is 0 Å². The van der Waals surface area contributed by atoms with Crippen LogP contribution in [0.4, 0.5) is 0 Å². The maximum Gasteiger partial charge on any atom is 0.242 e. The minimum absolute atomic E-state index is 0.140. The smallest absolute Gasteiger partial charge is 0.242 e. The van der Waals surface area contributed by atoms with Gasteiger partial charge in [0.25, 0.3) is 0 Å². The topological polar surface area (TPSA) is 80.6 Å². The molecule has 1 aliphatic carbocycles. The molecule has 0 spiro atoms. The molecule has 3 rings (SSSR count). The molecule has 0 radical (unpaired) electrons. The fraction of sp³-hybridized carbons (Fsp3) is 0.692. The predicted octanol–water partition coefficient (Wildman–Crippen LogP) is 0.773. The Balaban J connectivity index is 1.79. The number of sulfonamides is 1. The van der Waals surface area contributed by atoms with Crippen molar-refractivity contribution in [2.24, 2.45) is 0 Å². The molecule has 6 nitrogen and oxygen atoms in total. The molecule has 1 aliphatic heterocycles. The molecule has 0 bridgehead atoms. The molecule has 1 atom stereocenters. The van der Waals surface area contributed by atoms with Gasteiger partial charge in [0.15, 0.2) is 0 Å². The summed E-state index contributed by atoms with van der Waals surface area (Å²) in [5.41, 5.74) is 0.660. The van der Waals surface area contributed by atoms with E-state index in [1.165, 1.54) is 0 Å². The summed E-state index contributed by atoms with van der Waals surface area (Å²) < 4.78 is 34.6. The van der Waals surface area contributed by atoms with Crippen molar-refractivity contribution >= 4 is 10.0 Å². The highest BCUT2D eigenvalue weighted by atomic mass is 32.2. The van der Waals surface area contributed by atoms with Crippen LogP contribution in [0.2, 0.25) is 0 Å². The Labute approximate surface area is 118 Å². The first-order chi connectivity index (χ1) is 9.60. The van der Waals surface area contributed by atoms with Crippen molar-refractivity contribution < 1.29 is 18.3 Å². The molecule has 0 amide bonds. The Morgan fingerprint density at radius 1 is 1.40 bits per heavy atom. The number of nitrogens with one attached hydrogen (secondary N) is 1.